The molecular formula is C34H34ClN5O2. The summed E-state index contributed by atoms with van der Waals surface area (Å²) in [5.74, 6) is -0.368. The highest BCUT2D eigenvalue weighted by atomic mass is 35.5. The first-order valence-corrected chi connectivity index (χ1v) is 14.3. The number of ketones is 1. The molecule has 2 aromatic carbocycles. The second kappa shape index (κ2) is 12.5. The van der Waals surface area contributed by atoms with Crippen LogP contribution in [0.3, 0.4) is 0 Å². The van der Waals surface area contributed by atoms with Crippen LogP contribution in [0.15, 0.2) is 91.1 Å². The van der Waals surface area contributed by atoms with Crippen molar-refractivity contribution in [2.45, 2.75) is 20.3 Å². The number of aryl methyl sites for hydroxylation is 2. The van der Waals surface area contributed by atoms with E-state index in [2.05, 4.69) is 46.2 Å². The number of halogens is 1. The number of carbonyl (C=O) groups excluding carboxylic acids is 2. The van der Waals surface area contributed by atoms with Gasteiger partial charge in [0.25, 0.3) is 11.7 Å². The molecule has 5 aromatic rings. The summed E-state index contributed by atoms with van der Waals surface area (Å²) in [6.45, 7) is 5.83. The predicted molar refractivity (Wildman–Crippen MR) is 172 cm³/mol. The number of rotatable bonds is 10. The van der Waals surface area contributed by atoms with Gasteiger partial charge in [0.15, 0.2) is 0 Å². The molecule has 0 aliphatic heterocycles. The number of nitrogens with one attached hydrogen (secondary N) is 1. The highest BCUT2D eigenvalue weighted by Crippen LogP contribution is 2.30. The molecule has 0 saturated carbocycles. The molecule has 42 heavy (non-hydrogen) atoms. The van der Waals surface area contributed by atoms with Crippen LogP contribution < -0.4 is 15.1 Å². The number of hydrogen-bond acceptors (Lipinski definition) is 5. The van der Waals surface area contributed by atoms with Crippen molar-refractivity contribution in [3.63, 3.8) is 0 Å². The molecule has 5 rings (SSSR count). The zero-order valence-corrected chi connectivity index (χ0v) is 25.0. The lowest BCUT2D eigenvalue weighted by atomic mass is 10.0. The Labute approximate surface area is 251 Å². The van der Waals surface area contributed by atoms with E-state index in [4.69, 9.17) is 11.6 Å². The number of benzene rings is 2. The highest BCUT2D eigenvalue weighted by Gasteiger charge is 2.25. The average Bonchev–Trinajstić information content (AvgIpc) is 3.35. The molecule has 0 atom stereocenters. The van der Waals surface area contributed by atoms with Crippen molar-refractivity contribution >= 4 is 46.0 Å². The summed E-state index contributed by atoms with van der Waals surface area (Å²) in [6.07, 6.45) is 2.61. The van der Waals surface area contributed by atoms with E-state index in [1.165, 1.54) is 5.56 Å². The van der Waals surface area contributed by atoms with Crippen LogP contribution in [0.1, 0.15) is 28.2 Å². The third-order valence-electron chi connectivity index (χ3n) is 7.27. The second-order valence-corrected chi connectivity index (χ2v) is 11.0. The fraction of sp³-hybridized carbons (Fsp3) is 0.206. The molecule has 0 fully saturated rings. The third-order valence-corrected chi connectivity index (χ3v) is 7.49. The van der Waals surface area contributed by atoms with Gasteiger partial charge in [0.1, 0.15) is 11.5 Å². The van der Waals surface area contributed by atoms with Crippen LogP contribution in [0.4, 0.5) is 17.2 Å². The smallest absolute Gasteiger partial charge is 0.298 e. The van der Waals surface area contributed by atoms with Gasteiger partial charge in [-0.25, -0.2) is 4.98 Å². The van der Waals surface area contributed by atoms with E-state index in [9.17, 15) is 9.59 Å². The molecule has 214 valence electrons. The van der Waals surface area contributed by atoms with E-state index < -0.39 is 11.7 Å². The van der Waals surface area contributed by atoms with Crippen molar-refractivity contribution in [3.05, 3.63) is 113 Å². The summed E-state index contributed by atoms with van der Waals surface area (Å²) in [7, 11) is 4.11. The average molecular weight is 580 g/mol. The number of carbonyl (C=O) groups is 2. The van der Waals surface area contributed by atoms with Crippen LogP contribution in [0, 0.1) is 13.8 Å². The van der Waals surface area contributed by atoms with E-state index in [0.717, 1.165) is 47.8 Å². The number of fused-ring (bicyclic) bond motifs is 1. The van der Waals surface area contributed by atoms with Gasteiger partial charge in [0, 0.05) is 61.5 Å². The minimum absolute atomic E-state index is 0.272. The van der Waals surface area contributed by atoms with E-state index >= 15 is 0 Å². The van der Waals surface area contributed by atoms with Gasteiger partial charge in [0.2, 0.25) is 0 Å². The van der Waals surface area contributed by atoms with Gasteiger partial charge in [-0.05, 0) is 86.0 Å². The minimum Gasteiger partial charge on any atom is -0.375 e. The number of Topliss-reactive ketones (excluding diaryl/α,β-unsaturated/α-hetero) is 1. The maximum atomic E-state index is 13.5. The molecule has 0 unspecified atom stereocenters. The van der Waals surface area contributed by atoms with Crippen molar-refractivity contribution in [3.8, 4) is 11.1 Å². The lowest BCUT2D eigenvalue weighted by molar-refractivity contribution is -0.112. The highest BCUT2D eigenvalue weighted by molar-refractivity contribution is 6.47. The van der Waals surface area contributed by atoms with Gasteiger partial charge in [-0.3, -0.25) is 9.59 Å². The van der Waals surface area contributed by atoms with E-state index in [1.807, 2.05) is 80.7 Å². The van der Waals surface area contributed by atoms with E-state index in [0.29, 0.717) is 16.3 Å². The fourth-order valence-electron chi connectivity index (χ4n) is 5.11. The number of amides is 1. The van der Waals surface area contributed by atoms with Crippen LogP contribution in [0.2, 0.25) is 5.02 Å². The van der Waals surface area contributed by atoms with Gasteiger partial charge in [-0.15, -0.1) is 0 Å². The maximum absolute atomic E-state index is 13.5. The Kier molecular flexibility index (Phi) is 8.59. The van der Waals surface area contributed by atoms with Crippen LogP contribution in [-0.2, 0) is 4.79 Å². The van der Waals surface area contributed by atoms with Gasteiger partial charge in [0.05, 0.1) is 5.02 Å². The first-order chi connectivity index (χ1) is 20.2. The Bertz CT molecular complexity index is 1710. The Hall–Kier alpha value is -4.62. The molecule has 0 spiro atoms. The number of pyridine rings is 2. The zero-order valence-electron chi connectivity index (χ0n) is 24.3. The largest absolute Gasteiger partial charge is 0.375 e. The topological polar surface area (TPSA) is 70.0 Å². The minimum atomic E-state index is -0.712. The van der Waals surface area contributed by atoms with Crippen molar-refractivity contribution in [1.82, 2.24) is 9.38 Å². The quantitative estimate of drug-likeness (QED) is 0.142. The zero-order chi connectivity index (χ0) is 29.8. The third kappa shape index (κ3) is 6.47. The van der Waals surface area contributed by atoms with Crippen molar-refractivity contribution in [2.24, 2.45) is 0 Å². The van der Waals surface area contributed by atoms with Crippen molar-refractivity contribution in [2.75, 3.05) is 42.3 Å². The molecule has 7 nitrogen and oxygen atoms in total. The monoisotopic (exact) mass is 579 g/mol. The number of aromatic nitrogens is 2. The molecule has 0 saturated heterocycles. The van der Waals surface area contributed by atoms with Gasteiger partial charge in [-0.1, -0.05) is 41.9 Å². The summed E-state index contributed by atoms with van der Waals surface area (Å²) in [5, 5.41) is 3.25. The number of hydrogen-bond donors (Lipinski definition) is 1. The number of nitrogens with zero attached hydrogens (tertiary/aromatic N) is 4. The molecule has 0 radical (unpaired) electrons. The molecule has 0 aliphatic rings. The standard InChI is InChI=1S/C34H34ClN5O2/c1-23-19-24(2)36-31(20-23)39(4)18-8-17-38(3)28-15-12-27(13-16-28)37-34(42)33(41)32-30(25-9-6-5-7-10-25)21-29-14-11-26(35)22-40(29)32/h5-7,9-16,19-22H,8,17-18H2,1-4H3,(H,37,42). The fourth-order valence-corrected chi connectivity index (χ4v) is 5.27. The van der Waals surface area contributed by atoms with Crippen LogP contribution in [0.5, 0.6) is 0 Å². The summed E-state index contributed by atoms with van der Waals surface area (Å²) in [6, 6.07) is 26.7. The number of anilines is 3. The Morgan fingerprint density at radius 2 is 1.60 bits per heavy atom. The maximum Gasteiger partial charge on any atom is 0.298 e. The predicted octanol–water partition coefficient (Wildman–Crippen LogP) is 7.06. The van der Waals surface area contributed by atoms with Crippen LogP contribution >= 0.6 is 11.6 Å². The lowest BCUT2D eigenvalue weighted by Gasteiger charge is -2.23. The van der Waals surface area contributed by atoms with Crippen LogP contribution in [0.25, 0.3) is 16.6 Å². The van der Waals surface area contributed by atoms with Gasteiger partial charge in [-0.2, -0.15) is 0 Å². The molecule has 3 heterocycles. The van der Waals surface area contributed by atoms with Gasteiger partial charge < -0.3 is 19.5 Å². The van der Waals surface area contributed by atoms with Crippen LogP contribution in [-0.4, -0.2) is 48.3 Å². The first-order valence-electron chi connectivity index (χ1n) is 13.9. The molecule has 1 N–H and O–H groups in total. The summed E-state index contributed by atoms with van der Waals surface area (Å²) < 4.78 is 1.68. The molecular weight excluding hydrogens is 546 g/mol. The summed E-state index contributed by atoms with van der Waals surface area (Å²) in [4.78, 5) is 35.7. The normalized spacial score (nSPS) is 11.0. The molecule has 8 heteroatoms. The summed E-state index contributed by atoms with van der Waals surface area (Å²) >= 11 is 6.24. The molecule has 1 amide bonds. The van der Waals surface area contributed by atoms with E-state index in [-0.39, 0.29) is 5.69 Å². The lowest BCUT2D eigenvalue weighted by Crippen LogP contribution is -2.26. The van der Waals surface area contributed by atoms with Crippen molar-refractivity contribution in [1.29, 1.82) is 0 Å². The molecule has 0 bridgehead atoms. The van der Waals surface area contributed by atoms with Gasteiger partial charge >= 0.3 is 0 Å². The summed E-state index contributed by atoms with van der Waals surface area (Å²) in [5.41, 5.74) is 6.36. The second-order valence-electron chi connectivity index (χ2n) is 10.6. The first kappa shape index (κ1) is 28.9. The SMILES string of the molecule is Cc1cc(C)nc(N(C)CCCN(C)c2ccc(NC(=O)C(=O)c3c(-c4ccccc4)cc4ccc(Cl)cn34)cc2)c1. The molecule has 3 aromatic heterocycles. The Morgan fingerprint density at radius 3 is 2.31 bits per heavy atom. The van der Waals surface area contributed by atoms with Crippen molar-refractivity contribution < 1.29 is 9.59 Å². The Balaban J connectivity index is 1.24. The van der Waals surface area contributed by atoms with E-state index in [1.54, 1.807) is 16.7 Å². The molecule has 0 aliphatic carbocycles. The Morgan fingerprint density at radius 1 is 0.881 bits per heavy atom.